The number of aromatic nitrogens is 6. The van der Waals surface area contributed by atoms with Crippen LogP contribution in [-0.2, 0) is 0 Å². The van der Waals surface area contributed by atoms with Gasteiger partial charge < -0.3 is 0 Å². The molecule has 0 aliphatic carbocycles. The topological polar surface area (TPSA) is 131 Å². The van der Waals surface area contributed by atoms with Gasteiger partial charge in [0.25, 0.3) is 0 Å². The van der Waals surface area contributed by atoms with E-state index in [9.17, 15) is 0 Å². The molecule has 272 valence electrons. The summed E-state index contributed by atoms with van der Waals surface area (Å²) in [5, 5.41) is 0. The SMILES string of the molecule is c1ccc2c(c1)ncn2-c1ccc(C2=NC3=NC(c4ccc(-n5cnc6ccccc65)cc4)=NC4=NC(c5ccc(-n6cnc7ccccc76)cc5)=NC(=N2)N34)cc1. The third kappa shape index (κ3) is 5.14. The number of hydrogen-bond acceptors (Lipinski definition) is 10. The van der Waals surface area contributed by atoms with Crippen molar-refractivity contribution >= 4 is 68.5 Å². The maximum absolute atomic E-state index is 4.96. The van der Waals surface area contributed by atoms with Crippen molar-refractivity contribution in [3.63, 3.8) is 0 Å². The van der Waals surface area contributed by atoms with Gasteiger partial charge in [0, 0.05) is 33.8 Å². The molecule has 6 aromatic carbocycles. The van der Waals surface area contributed by atoms with E-state index in [1.807, 2.05) is 146 Å². The lowest BCUT2D eigenvalue weighted by atomic mass is 10.1. The molecule has 0 bridgehead atoms. The number of fused-ring (bicyclic) bond motifs is 3. The predicted octanol–water partition coefficient (Wildman–Crippen LogP) is 7.75. The van der Waals surface area contributed by atoms with Gasteiger partial charge >= 0.3 is 0 Å². The van der Waals surface area contributed by atoms with Crippen LogP contribution in [0.1, 0.15) is 16.7 Å². The van der Waals surface area contributed by atoms with Gasteiger partial charge in [-0.25, -0.2) is 19.9 Å². The van der Waals surface area contributed by atoms with Crippen molar-refractivity contribution in [1.82, 2.24) is 33.6 Å². The fraction of sp³-hybridized carbons (Fsp3) is 0. The van der Waals surface area contributed by atoms with E-state index >= 15 is 0 Å². The molecule has 9 aromatic rings. The van der Waals surface area contributed by atoms with Crippen molar-refractivity contribution in [2.75, 3.05) is 0 Å². The summed E-state index contributed by atoms with van der Waals surface area (Å²) in [6.45, 7) is 0. The first-order valence-electron chi connectivity index (χ1n) is 18.6. The number of aliphatic imine (C=N–C) groups is 6. The van der Waals surface area contributed by atoms with Gasteiger partial charge in [-0.1, -0.05) is 36.4 Å². The van der Waals surface area contributed by atoms with Crippen molar-refractivity contribution in [2.45, 2.75) is 0 Å². The molecule has 12 rings (SSSR count). The average Bonchev–Trinajstić information content (AvgIpc) is 4.04. The molecule has 0 N–H and O–H groups in total. The van der Waals surface area contributed by atoms with Crippen molar-refractivity contribution in [3.05, 3.63) is 181 Å². The van der Waals surface area contributed by atoms with Gasteiger partial charge in [0.15, 0.2) is 17.5 Å². The number of amidine groups is 3. The highest BCUT2D eigenvalue weighted by atomic mass is 15.5. The number of para-hydroxylation sites is 6. The molecule has 0 atom stereocenters. The van der Waals surface area contributed by atoms with E-state index < -0.39 is 0 Å². The summed E-state index contributed by atoms with van der Waals surface area (Å²) >= 11 is 0. The maximum atomic E-state index is 4.96. The van der Waals surface area contributed by atoms with Crippen LogP contribution in [0.5, 0.6) is 0 Å². The molecule has 13 heteroatoms. The number of guanidine groups is 3. The summed E-state index contributed by atoms with van der Waals surface area (Å²) in [6, 6.07) is 48.4. The molecule has 3 aromatic heterocycles. The van der Waals surface area contributed by atoms with E-state index in [1.54, 1.807) is 4.90 Å². The van der Waals surface area contributed by atoms with Gasteiger partial charge in [-0.2, -0.15) is 30.0 Å². The fourth-order valence-corrected chi connectivity index (χ4v) is 7.48. The van der Waals surface area contributed by atoms with Crippen LogP contribution in [0.25, 0.3) is 50.2 Å². The molecule has 0 amide bonds. The molecule has 3 aliphatic rings. The molecule has 0 saturated carbocycles. The molecule has 0 fully saturated rings. The van der Waals surface area contributed by atoms with E-state index in [1.165, 1.54) is 0 Å². The lowest BCUT2D eigenvalue weighted by Gasteiger charge is -2.30. The first-order chi connectivity index (χ1) is 28.7. The Labute approximate surface area is 329 Å². The minimum Gasteiger partial charge on any atom is -0.299 e. The van der Waals surface area contributed by atoms with Gasteiger partial charge in [0.2, 0.25) is 17.9 Å². The number of benzene rings is 6. The zero-order valence-corrected chi connectivity index (χ0v) is 30.4. The minimum absolute atomic E-state index is 0.378. The Balaban J connectivity index is 0.938. The Bertz CT molecular complexity index is 2960. The average molecular weight is 750 g/mol. The van der Waals surface area contributed by atoms with Crippen LogP contribution in [0.4, 0.5) is 0 Å². The molecule has 58 heavy (non-hydrogen) atoms. The highest BCUT2D eigenvalue weighted by Crippen LogP contribution is 2.26. The second kappa shape index (κ2) is 12.5. The summed E-state index contributed by atoms with van der Waals surface area (Å²) in [5.74, 6) is 2.56. The normalized spacial score (nSPS) is 14.8. The van der Waals surface area contributed by atoms with Gasteiger partial charge in [0.1, 0.15) is 19.0 Å². The Morgan fingerprint density at radius 1 is 0.293 bits per heavy atom. The van der Waals surface area contributed by atoms with Crippen molar-refractivity contribution in [2.24, 2.45) is 30.0 Å². The molecular formula is C45H27N13. The highest BCUT2D eigenvalue weighted by Gasteiger charge is 2.35. The molecule has 6 heterocycles. The van der Waals surface area contributed by atoms with Gasteiger partial charge in [-0.3, -0.25) is 13.7 Å². The van der Waals surface area contributed by atoms with E-state index in [-0.39, 0.29) is 0 Å². The monoisotopic (exact) mass is 749 g/mol. The molecule has 3 aliphatic heterocycles. The summed E-state index contributed by atoms with van der Waals surface area (Å²) in [4.78, 5) is 45.2. The van der Waals surface area contributed by atoms with Crippen LogP contribution in [0.15, 0.2) is 195 Å². The highest BCUT2D eigenvalue weighted by molar-refractivity contribution is 6.34. The quantitative estimate of drug-likeness (QED) is 0.172. The summed E-state index contributed by atoms with van der Waals surface area (Å²) in [7, 11) is 0. The lowest BCUT2D eigenvalue weighted by Crippen LogP contribution is -2.48. The van der Waals surface area contributed by atoms with E-state index in [0.29, 0.717) is 35.4 Å². The van der Waals surface area contributed by atoms with E-state index in [0.717, 1.165) is 66.9 Å². The second-order valence-electron chi connectivity index (χ2n) is 13.8. The zero-order valence-electron chi connectivity index (χ0n) is 30.4. The Hall–Kier alpha value is -8.45. The third-order valence-corrected chi connectivity index (χ3v) is 10.4. The lowest BCUT2D eigenvalue weighted by molar-refractivity contribution is 0.828. The summed E-state index contributed by atoms with van der Waals surface area (Å²) < 4.78 is 6.18. The molecule has 0 radical (unpaired) electrons. The minimum atomic E-state index is 0.378. The Morgan fingerprint density at radius 2 is 0.586 bits per heavy atom. The van der Waals surface area contributed by atoms with Crippen molar-refractivity contribution in [1.29, 1.82) is 0 Å². The fourth-order valence-electron chi connectivity index (χ4n) is 7.48. The van der Waals surface area contributed by atoms with Gasteiger partial charge in [0.05, 0.1) is 33.1 Å². The Morgan fingerprint density at radius 3 is 0.897 bits per heavy atom. The van der Waals surface area contributed by atoms with Gasteiger partial charge in [-0.15, -0.1) is 0 Å². The number of nitrogens with zero attached hydrogens (tertiary/aromatic N) is 13. The van der Waals surface area contributed by atoms with Crippen LogP contribution in [0.2, 0.25) is 0 Å². The Kier molecular flexibility index (Phi) is 6.89. The number of hydrogen-bond donors (Lipinski definition) is 0. The van der Waals surface area contributed by atoms with Crippen molar-refractivity contribution in [3.8, 4) is 17.1 Å². The van der Waals surface area contributed by atoms with Crippen LogP contribution in [0, 0.1) is 0 Å². The molecular weight excluding hydrogens is 723 g/mol. The molecule has 0 unspecified atom stereocenters. The molecule has 0 spiro atoms. The standard InChI is InChI=1S/C45H27N13/c1-4-10-37-34(7-1)46-25-55(37)31-19-13-28(14-20-31)40-49-43-51-41(29-15-21-32(22-16-29)56-26-47-35-8-2-5-11-38(35)56)53-45-54-42(52-44(50-40)58(43)45)30-17-23-33(24-18-30)57-27-48-36-9-3-6-12-39(36)57/h1-27H. The van der Waals surface area contributed by atoms with Gasteiger partial charge in [-0.05, 0) is 109 Å². The van der Waals surface area contributed by atoms with Crippen LogP contribution < -0.4 is 0 Å². The number of rotatable bonds is 6. The molecule has 0 saturated heterocycles. The second-order valence-corrected chi connectivity index (χ2v) is 13.8. The third-order valence-electron chi connectivity index (χ3n) is 10.4. The smallest absolute Gasteiger partial charge is 0.243 e. The summed E-state index contributed by atoms with van der Waals surface area (Å²) in [6.07, 6.45) is 5.50. The van der Waals surface area contributed by atoms with E-state index in [4.69, 9.17) is 30.0 Å². The number of imidazole rings is 3. The van der Waals surface area contributed by atoms with Crippen LogP contribution in [0.3, 0.4) is 0 Å². The first kappa shape index (κ1) is 31.9. The zero-order chi connectivity index (χ0) is 38.2. The molecule has 13 nitrogen and oxygen atoms in total. The largest absolute Gasteiger partial charge is 0.299 e. The summed E-state index contributed by atoms with van der Waals surface area (Å²) in [5.41, 5.74) is 11.2. The first-order valence-corrected chi connectivity index (χ1v) is 18.6. The van der Waals surface area contributed by atoms with Crippen LogP contribution >= 0.6 is 0 Å². The van der Waals surface area contributed by atoms with E-state index in [2.05, 4.69) is 46.9 Å². The van der Waals surface area contributed by atoms with Crippen molar-refractivity contribution < 1.29 is 0 Å². The predicted molar refractivity (Wildman–Crippen MR) is 227 cm³/mol. The maximum Gasteiger partial charge on any atom is 0.243 e. The van der Waals surface area contributed by atoms with Crippen LogP contribution in [-0.4, -0.2) is 68.9 Å².